The molecule has 0 aromatic carbocycles. The van der Waals surface area contributed by atoms with Crippen LogP contribution in [0.1, 0.15) is 102 Å². The van der Waals surface area contributed by atoms with Gasteiger partial charge in [-0.1, -0.05) is 5.92 Å². The van der Waals surface area contributed by atoms with Crippen molar-refractivity contribution >= 4 is 17.9 Å². The SMILES string of the molecule is C#CCO[C@@H](CN1CC[C@H]1C(=O)OC(C)(C)C)[C@H](CC[C@H](OC(C)(C)C)C(=O)OC(C)(C)C)C(=O)OC(C)(C)C. The predicted molar refractivity (Wildman–Crippen MR) is 153 cm³/mol. The van der Waals surface area contributed by atoms with Gasteiger partial charge >= 0.3 is 17.9 Å². The van der Waals surface area contributed by atoms with Gasteiger partial charge in [0, 0.05) is 13.1 Å². The van der Waals surface area contributed by atoms with Crippen molar-refractivity contribution in [2.45, 2.75) is 143 Å². The van der Waals surface area contributed by atoms with Crippen LogP contribution in [0.5, 0.6) is 0 Å². The predicted octanol–water partition coefficient (Wildman–Crippen LogP) is 4.68. The number of ether oxygens (including phenoxy) is 5. The third-order valence-electron chi connectivity index (χ3n) is 5.67. The summed E-state index contributed by atoms with van der Waals surface area (Å²) >= 11 is 0. The molecule has 1 aliphatic heterocycles. The van der Waals surface area contributed by atoms with Gasteiger partial charge in [0.05, 0.1) is 17.6 Å². The summed E-state index contributed by atoms with van der Waals surface area (Å²) in [6.45, 7) is 22.7. The van der Waals surface area contributed by atoms with Crippen LogP contribution in [-0.4, -0.2) is 83.2 Å². The number of esters is 3. The molecule has 1 rings (SSSR count). The van der Waals surface area contributed by atoms with E-state index in [2.05, 4.69) is 5.92 Å². The Morgan fingerprint density at radius 3 is 1.75 bits per heavy atom. The first kappa shape index (κ1) is 35.9. The Morgan fingerprint density at radius 1 is 0.800 bits per heavy atom. The molecule has 0 amide bonds. The fourth-order valence-electron chi connectivity index (χ4n) is 4.16. The molecule has 0 aromatic rings. The lowest BCUT2D eigenvalue weighted by Crippen LogP contribution is -2.57. The maximum atomic E-state index is 13.5. The van der Waals surface area contributed by atoms with Crippen LogP contribution in [0.3, 0.4) is 0 Å². The molecule has 230 valence electrons. The molecule has 1 saturated heterocycles. The van der Waals surface area contributed by atoms with Gasteiger partial charge < -0.3 is 23.7 Å². The molecule has 0 spiro atoms. The number of carbonyl (C=O) groups excluding carboxylic acids is 3. The first-order valence-corrected chi connectivity index (χ1v) is 14.2. The normalized spacial score (nSPS) is 19.0. The Balaban J connectivity index is 3.26. The molecule has 0 aromatic heterocycles. The van der Waals surface area contributed by atoms with Crippen LogP contribution in [-0.2, 0) is 38.1 Å². The number of carbonyl (C=O) groups is 3. The van der Waals surface area contributed by atoms with Crippen LogP contribution >= 0.6 is 0 Å². The minimum atomic E-state index is -0.907. The van der Waals surface area contributed by atoms with Crippen LogP contribution in [0.15, 0.2) is 0 Å². The van der Waals surface area contributed by atoms with E-state index in [0.717, 1.165) is 0 Å². The zero-order valence-electron chi connectivity index (χ0n) is 26.8. The molecule has 0 unspecified atom stereocenters. The molecule has 1 aliphatic rings. The van der Waals surface area contributed by atoms with Gasteiger partial charge in [0.1, 0.15) is 29.5 Å². The third kappa shape index (κ3) is 14.0. The van der Waals surface area contributed by atoms with E-state index >= 15 is 0 Å². The lowest BCUT2D eigenvalue weighted by Gasteiger charge is -2.43. The number of hydrogen-bond acceptors (Lipinski definition) is 9. The molecule has 1 heterocycles. The smallest absolute Gasteiger partial charge is 0.335 e. The first-order valence-electron chi connectivity index (χ1n) is 14.2. The zero-order valence-corrected chi connectivity index (χ0v) is 26.8. The molecule has 0 saturated carbocycles. The second-order valence-electron chi connectivity index (χ2n) is 14.4. The van der Waals surface area contributed by atoms with E-state index < -0.39 is 58.5 Å². The highest BCUT2D eigenvalue weighted by molar-refractivity contribution is 5.77. The number of likely N-dealkylation sites (tertiary alicyclic amines) is 1. The van der Waals surface area contributed by atoms with Gasteiger partial charge in [0.15, 0.2) is 6.10 Å². The van der Waals surface area contributed by atoms with Gasteiger partial charge in [-0.05, 0) is 102 Å². The molecule has 9 heteroatoms. The molecular weight excluding hydrogens is 514 g/mol. The van der Waals surface area contributed by atoms with Crippen LogP contribution in [0.2, 0.25) is 0 Å². The Labute approximate surface area is 241 Å². The average Bonchev–Trinajstić information content (AvgIpc) is 2.68. The van der Waals surface area contributed by atoms with E-state index in [1.165, 1.54) is 0 Å². The van der Waals surface area contributed by atoms with Crippen molar-refractivity contribution in [1.29, 1.82) is 0 Å². The maximum absolute atomic E-state index is 13.5. The quantitative estimate of drug-likeness (QED) is 0.189. The maximum Gasteiger partial charge on any atom is 0.335 e. The van der Waals surface area contributed by atoms with E-state index in [4.69, 9.17) is 30.1 Å². The summed E-state index contributed by atoms with van der Waals surface area (Å²) in [6, 6.07) is -0.436. The Kier molecular flexibility index (Phi) is 12.7. The van der Waals surface area contributed by atoms with Crippen LogP contribution in [0.25, 0.3) is 0 Å². The van der Waals surface area contributed by atoms with Gasteiger partial charge in [-0.15, -0.1) is 6.42 Å². The molecule has 0 bridgehead atoms. The summed E-state index contributed by atoms with van der Waals surface area (Å²) in [5, 5.41) is 0. The van der Waals surface area contributed by atoms with Crippen molar-refractivity contribution in [3.05, 3.63) is 0 Å². The molecule has 1 fully saturated rings. The standard InChI is InChI=1S/C31H53NO8/c1-14-19-36-24(20-32-18-17-22(32)26(34)39-30(8,9)10)21(25(33)38-29(5,6)7)15-16-23(37-28(2,3)4)27(35)40-31(11,12)13/h1,21-24H,15-20H2,2-13H3/t21-,22-,23-,24-/m0/s1. The van der Waals surface area contributed by atoms with Crippen molar-refractivity contribution in [2.75, 3.05) is 19.7 Å². The number of rotatable bonds is 12. The van der Waals surface area contributed by atoms with Gasteiger partial charge in [-0.2, -0.15) is 0 Å². The summed E-state index contributed by atoms with van der Waals surface area (Å²) in [5.74, 6) is 0.411. The summed E-state index contributed by atoms with van der Waals surface area (Å²) in [5.41, 5.74) is -2.68. The molecule has 0 aliphatic carbocycles. The van der Waals surface area contributed by atoms with Crippen LogP contribution in [0, 0.1) is 18.3 Å². The van der Waals surface area contributed by atoms with Gasteiger partial charge in [-0.25, -0.2) is 4.79 Å². The van der Waals surface area contributed by atoms with Crippen molar-refractivity contribution in [1.82, 2.24) is 4.90 Å². The molecule has 0 radical (unpaired) electrons. The second kappa shape index (κ2) is 14.2. The lowest BCUT2D eigenvalue weighted by atomic mass is 9.91. The minimum absolute atomic E-state index is 0.0249. The first-order chi connectivity index (χ1) is 18.0. The number of terminal acetylenes is 1. The van der Waals surface area contributed by atoms with E-state index in [1.54, 1.807) is 41.5 Å². The highest BCUT2D eigenvalue weighted by Gasteiger charge is 2.42. The number of nitrogens with zero attached hydrogens (tertiary/aromatic N) is 1. The van der Waals surface area contributed by atoms with Crippen molar-refractivity contribution in [2.24, 2.45) is 5.92 Å². The fourth-order valence-corrected chi connectivity index (χ4v) is 4.16. The monoisotopic (exact) mass is 567 g/mol. The zero-order chi connectivity index (χ0) is 31.1. The largest absolute Gasteiger partial charge is 0.460 e. The van der Waals surface area contributed by atoms with Crippen molar-refractivity contribution in [3.63, 3.8) is 0 Å². The van der Waals surface area contributed by atoms with E-state index in [1.807, 2.05) is 46.4 Å². The van der Waals surface area contributed by atoms with Crippen molar-refractivity contribution in [3.8, 4) is 12.3 Å². The van der Waals surface area contributed by atoms with E-state index in [9.17, 15) is 14.4 Å². The average molecular weight is 568 g/mol. The molecule has 0 N–H and O–H groups in total. The topological polar surface area (TPSA) is 101 Å². The van der Waals surface area contributed by atoms with Crippen molar-refractivity contribution < 1.29 is 38.1 Å². The third-order valence-corrected chi connectivity index (χ3v) is 5.67. The van der Waals surface area contributed by atoms with Gasteiger partial charge in [0.2, 0.25) is 0 Å². The highest BCUT2D eigenvalue weighted by Crippen LogP contribution is 2.29. The molecule has 9 nitrogen and oxygen atoms in total. The summed E-state index contributed by atoms with van der Waals surface area (Å²) in [6.07, 6.45) is 4.97. The Bertz CT molecular complexity index is 895. The minimum Gasteiger partial charge on any atom is -0.460 e. The Morgan fingerprint density at radius 2 is 1.32 bits per heavy atom. The summed E-state index contributed by atoms with van der Waals surface area (Å²) in [7, 11) is 0. The highest BCUT2D eigenvalue weighted by atomic mass is 16.6. The fraction of sp³-hybridized carbons (Fsp3) is 0.839. The summed E-state index contributed by atoms with van der Waals surface area (Å²) in [4.78, 5) is 41.3. The number of hydrogen-bond donors (Lipinski definition) is 0. The van der Waals surface area contributed by atoms with E-state index in [-0.39, 0.29) is 32.0 Å². The Hall–Kier alpha value is -2.15. The lowest BCUT2D eigenvalue weighted by molar-refractivity contribution is -0.181. The van der Waals surface area contributed by atoms with Gasteiger partial charge in [-0.3, -0.25) is 14.5 Å². The molecule has 40 heavy (non-hydrogen) atoms. The van der Waals surface area contributed by atoms with Crippen LogP contribution < -0.4 is 0 Å². The van der Waals surface area contributed by atoms with Gasteiger partial charge in [0.25, 0.3) is 0 Å². The second-order valence-corrected chi connectivity index (χ2v) is 14.4. The molecular formula is C31H53NO8. The van der Waals surface area contributed by atoms with E-state index in [0.29, 0.717) is 13.0 Å². The molecule has 4 atom stereocenters. The van der Waals surface area contributed by atoms with Crippen LogP contribution in [0.4, 0.5) is 0 Å². The summed E-state index contributed by atoms with van der Waals surface area (Å²) < 4.78 is 29.1.